The van der Waals surface area contributed by atoms with Gasteiger partial charge in [0.2, 0.25) is 0 Å². The van der Waals surface area contributed by atoms with Crippen LogP contribution in [0.4, 0.5) is 0 Å². The summed E-state index contributed by atoms with van der Waals surface area (Å²) < 4.78 is 0. The lowest BCUT2D eigenvalue weighted by atomic mass is 9.94. The number of aryl methyl sites for hydroxylation is 1. The third-order valence-electron chi connectivity index (χ3n) is 5.11. The Kier molecular flexibility index (Phi) is 4.35. The molecule has 0 unspecified atom stereocenters. The first kappa shape index (κ1) is 16.4. The van der Waals surface area contributed by atoms with Gasteiger partial charge in [0, 0.05) is 9.75 Å². The minimum Gasteiger partial charge on any atom is -0.141 e. The molecule has 0 nitrogen and oxygen atoms in total. The van der Waals surface area contributed by atoms with Gasteiger partial charge < -0.3 is 0 Å². The van der Waals surface area contributed by atoms with Crippen molar-refractivity contribution in [1.29, 1.82) is 0 Å². The maximum Gasteiger partial charge on any atom is 0.0308 e. The Morgan fingerprint density at radius 3 is 2.44 bits per heavy atom. The third kappa shape index (κ3) is 3.09. The minimum atomic E-state index is 0.577. The molecule has 126 valence electrons. The lowest BCUT2D eigenvalue weighted by Gasteiger charge is -2.10. The maximum absolute atomic E-state index is 2.41. The Balaban J connectivity index is 1.72. The van der Waals surface area contributed by atoms with Crippen molar-refractivity contribution in [3.05, 3.63) is 81.0 Å². The molecular weight excluding hydrogens is 320 g/mol. The van der Waals surface area contributed by atoms with E-state index >= 15 is 0 Å². The minimum absolute atomic E-state index is 0.577. The SMILES string of the molecule is CCc1ccc(C2=Cc3c(cccc3-c3ccc(C(C)C)cc3)C2)s1. The number of hydrogen-bond acceptors (Lipinski definition) is 1. The van der Waals surface area contributed by atoms with Crippen molar-refractivity contribution in [3.8, 4) is 11.1 Å². The molecule has 1 heteroatoms. The van der Waals surface area contributed by atoms with Crippen molar-refractivity contribution in [3.63, 3.8) is 0 Å². The summed E-state index contributed by atoms with van der Waals surface area (Å²) in [6.45, 7) is 6.72. The predicted molar refractivity (Wildman–Crippen MR) is 111 cm³/mol. The van der Waals surface area contributed by atoms with Crippen LogP contribution in [0.15, 0.2) is 54.6 Å². The third-order valence-corrected chi connectivity index (χ3v) is 6.42. The summed E-state index contributed by atoms with van der Waals surface area (Å²) in [6, 6.07) is 20.4. The number of rotatable bonds is 4. The van der Waals surface area contributed by atoms with E-state index in [1.807, 2.05) is 11.3 Å². The molecule has 25 heavy (non-hydrogen) atoms. The van der Waals surface area contributed by atoms with Crippen LogP contribution in [0.25, 0.3) is 22.8 Å². The average molecular weight is 345 g/mol. The lowest BCUT2D eigenvalue weighted by molar-refractivity contribution is 0.867. The Labute approximate surface area is 154 Å². The summed E-state index contributed by atoms with van der Waals surface area (Å²) in [5, 5.41) is 0. The van der Waals surface area contributed by atoms with Gasteiger partial charge in [-0.3, -0.25) is 0 Å². The number of benzene rings is 2. The van der Waals surface area contributed by atoms with Crippen molar-refractivity contribution >= 4 is 23.0 Å². The summed E-state index contributed by atoms with van der Waals surface area (Å²) in [5.74, 6) is 0.577. The van der Waals surface area contributed by atoms with Gasteiger partial charge >= 0.3 is 0 Å². The fourth-order valence-corrected chi connectivity index (χ4v) is 4.53. The molecular formula is C24H24S. The van der Waals surface area contributed by atoms with Crippen LogP contribution in [0.2, 0.25) is 0 Å². The summed E-state index contributed by atoms with van der Waals surface area (Å²) in [4.78, 5) is 2.89. The molecule has 4 rings (SSSR count). The van der Waals surface area contributed by atoms with E-state index in [1.165, 1.54) is 43.1 Å². The molecule has 0 spiro atoms. The van der Waals surface area contributed by atoms with Crippen LogP contribution >= 0.6 is 11.3 Å². The molecule has 0 bridgehead atoms. The molecule has 3 aromatic rings. The molecule has 0 amide bonds. The standard InChI is InChI=1S/C24H24S/c1-4-21-12-13-24(25-21)20-14-19-6-5-7-22(23(19)15-20)18-10-8-17(9-11-18)16(2)3/h5-13,15-16H,4,14H2,1-3H3. The monoisotopic (exact) mass is 344 g/mol. The molecule has 0 radical (unpaired) electrons. The molecule has 1 aromatic heterocycles. The van der Waals surface area contributed by atoms with Gasteiger partial charge in [-0.25, -0.2) is 0 Å². The molecule has 1 aliphatic carbocycles. The smallest absolute Gasteiger partial charge is 0.0308 e. The van der Waals surface area contributed by atoms with Gasteiger partial charge in [-0.2, -0.15) is 0 Å². The quantitative estimate of drug-likeness (QED) is 0.469. The van der Waals surface area contributed by atoms with E-state index in [4.69, 9.17) is 0 Å². The van der Waals surface area contributed by atoms with E-state index in [9.17, 15) is 0 Å². The van der Waals surface area contributed by atoms with Crippen LogP contribution in [0.1, 0.15) is 53.1 Å². The van der Waals surface area contributed by atoms with Gasteiger partial charge in [-0.1, -0.05) is 63.2 Å². The number of hydrogen-bond donors (Lipinski definition) is 0. The average Bonchev–Trinajstić information content (AvgIpc) is 3.27. The van der Waals surface area contributed by atoms with Gasteiger partial charge in [0.15, 0.2) is 0 Å². The highest BCUT2D eigenvalue weighted by Crippen LogP contribution is 2.39. The molecule has 2 aromatic carbocycles. The van der Waals surface area contributed by atoms with E-state index in [1.54, 1.807) is 0 Å². The van der Waals surface area contributed by atoms with Crippen molar-refractivity contribution in [2.75, 3.05) is 0 Å². The van der Waals surface area contributed by atoms with E-state index in [0.29, 0.717) is 5.92 Å². The fourth-order valence-electron chi connectivity index (χ4n) is 3.57. The summed E-state index contributed by atoms with van der Waals surface area (Å²) >= 11 is 1.94. The van der Waals surface area contributed by atoms with Crippen LogP contribution in [0.5, 0.6) is 0 Å². The van der Waals surface area contributed by atoms with Crippen LogP contribution in [0.3, 0.4) is 0 Å². The van der Waals surface area contributed by atoms with Crippen molar-refractivity contribution in [2.24, 2.45) is 0 Å². The highest BCUT2D eigenvalue weighted by molar-refractivity contribution is 7.13. The highest BCUT2D eigenvalue weighted by atomic mass is 32.1. The van der Waals surface area contributed by atoms with Gasteiger partial charge in [0.05, 0.1) is 0 Å². The van der Waals surface area contributed by atoms with E-state index in [-0.39, 0.29) is 0 Å². The topological polar surface area (TPSA) is 0 Å². The summed E-state index contributed by atoms with van der Waals surface area (Å²) in [7, 11) is 0. The van der Waals surface area contributed by atoms with Crippen molar-refractivity contribution in [2.45, 2.75) is 39.5 Å². The zero-order chi connectivity index (χ0) is 17.4. The first-order valence-corrected chi connectivity index (χ1v) is 9.99. The second-order valence-electron chi connectivity index (χ2n) is 7.12. The predicted octanol–water partition coefficient (Wildman–Crippen LogP) is 7.20. The molecule has 0 atom stereocenters. The van der Waals surface area contributed by atoms with Gasteiger partial charge in [0.1, 0.15) is 0 Å². The van der Waals surface area contributed by atoms with Crippen molar-refractivity contribution in [1.82, 2.24) is 0 Å². The molecule has 0 fully saturated rings. The Hall–Kier alpha value is -2.12. The Bertz CT molecular complexity index is 923. The second kappa shape index (κ2) is 6.65. The van der Waals surface area contributed by atoms with Gasteiger partial charge in [-0.05, 0) is 70.4 Å². The van der Waals surface area contributed by atoms with Gasteiger partial charge in [-0.15, -0.1) is 11.3 Å². The highest BCUT2D eigenvalue weighted by Gasteiger charge is 2.18. The molecule has 0 N–H and O–H groups in total. The lowest BCUT2D eigenvalue weighted by Crippen LogP contribution is -1.89. The largest absolute Gasteiger partial charge is 0.141 e. The van der Waals surface area contributed by atoms with Crippen LogP contribution in [-0.2, 0) is 12.8 Å². The first-order chi connectivity index (χ1) is 12.2. The molecule has 0 saturated carbocycles. The fraction of sp³-hybridized carbons (Fsp3) is 0.250. The second-order valence-corrected chi connectivity index (χ2v) is 8.29. The molecule has 0 aliphatic heterocycles. The van der Waals surface area contributed by atoms with Crippen LogP contribution in [0, 0.1) is 0 Å². The Morgan fingerprint density at radius 2 is 1.76 bits per heavy atom. The van der Waals surface area contributed by atoms with Crippen LogP contribution in [-0.4, -0.2) is 0 Å². The van der Waals surface area contributed by atoms with E-state index < -0.39 is 0 Å². The zero-order valence-corrected chi connectivity index (χ0v) is 16.0. The molecule has 0 saturated heterocycles. The van der Waals surface area contributed by atoms with Gasteiger partial charge in [0.25, 0.3) is 0 Å². The normalized spacial score (nSPS) is 13.2. The number of allylic oxidation sites excluding steroid dienone is 1. The number of thiophene rings is 1. The molecule has 1 heterocycles. The van der Waals surface area contributed by atoms with E-state index in [0.717, 1.165) is 12.8 Å². The molecule has 1 aliphatic rings. The van der Waals surface area contributed by atoms with E-state index in [2.05, 4.69) is 81.4 Å². The zero-order valence-electron chi connectivity index (χ0n) is 15.2. The van der Waals surface area contributed by atoms with Crippen molar-refractivity contribution < 1.29 is 0 Å². The number of fused-ring (bicyclic) bond motifs is 1. The summed E-state index contributed by atoms with van der Waals surface area (Å²) in [5.41, 5.74) is 8.39. The van der Waals surface area contributed by atoms with Crippen LogP contribution < -0.4 is 0 Å². The summed E-state index contributed by atoms with van der Waals surface area (Å²) in [6.07, 6.45) is 4.58. The first-order valence-electron chi connectivity index (χ1n) is 9.17. The Morgan fingerprint density at radius 1 is 0.960 bits per heavy atom. The maximum atomic E-state index is 2.41.